The van der Waals surface area contributed by atoms with Crippen LogP contribution in [0.5, 0.6) is 0 Å². The third-order valence-electron chi connectivity index (χ3n) is 5.19. The molecule has 0 spiro atoms. The van der Waals surface area contributed by atoms with Crippen LogP contribution in [0.15, 0.2) is 64.4 Å². The molecular formula is C22H18F3N5O3. The Labute approximate surface area is 184 Å². The molecule has 0 bridgehead atoms. The van der Waals surface area contributed by atoms with Crippen LogP contribution in [0.3, 0.4) is 0 Å². The van der Waals surface area contributed by atoms with E-state index in [9.17, 15) is 27.6 Å². The van der Waals surface area contributed by atoms with Gasteiger partial charge < -0.3 is 9.88 Å². The standard InChI is InChI=1S/C22H18F3N5O3/c1-28-12-26-19-18(28)20(32)30(21(33)29(19)2)11-17(31)27-16-8-6-13(7-9-16)14-4-3-5-15(10-14)22(23,24)25/h3-10,12H,11H2,1-2H3,(H,27,31). The Bertz CT molecular complexity index is 1480. The van der Waals surface area contributed by atoms with Gasteiger partial charge in [0.1, 0.15) is 6.54 Å². The second kappa shape index (κ2) is 8.08. The summed E-state index contributed by atoms with van der Waals surface area (Å²) in [7, 11) is 3.07. The van der Waals surface area contributed by atoms with Crippen LogP contribution in [-0.2, 0) is 31.6 Å². The summed E-state index contributed by atoms with van der Waals surface area (Å²) < 4.78 is 42.3. The van der Waals surface area contributed by atoms with E-state index in [1.54, 1.807) is 25.2 Å². The van der Waals surface area contributed by atoms with E-state index >= 15 is 0 Å². The Kier molecular flexibility index (Phi) is 5.40. The van der Waals surface area contributed by atoms with Crippen LogP contribution in [0.2, 0.25) is 0 Å². The number of carbonyl (C=O) groups excluding carboxylic acids is 1. The molecule has 2 aromatic carbocycles. The van der Waals surface area contributed by atoms with Crippen molar-refractivity contribution in [3.8, 4) is 11.1 Å². The second-order valence-corrected chi connectivity index (χ2v) is 7.46. The van der Waals surface area contributed by atoms with Crippen molar-refractivity contribution >= 4 is 22.8 Å². The van der Waals surface area contributed by atoms with Gasteiger partial charge in [0.25, 0.3) is 5.56 Å². The highest BCUT2D eigenvalue weighted by atomic mass is 19.4. The van der Waals surface area contributed by atoms with Crippen molar-refractivity contribution in [1.82, 2.24) is 18.7 Å². The third kappa shape index (κ3) is 4.16. The van der Waals surface area contributed by atoms with Gasteiger partial charge in [-0.1, -0.05) is 24.3 Å². The van der Waals surface area contributed by atoms with Gasteiger partial charge in [-0.25, -0.2) is 14.3 Å². The first kappa shape index (κ1) is 22.1. The van der Waals surface area contributed by atoms with Crippen LogP contribution in [0.25, 0.3) is 22.3 Å². The lowest BCUT2D eigenvalue weighted by Gasteiger charge is -2.11. The predicted octanol–water partition coefficient (Wildman–Crippen LogP) is 2.76. The lowest BCUT2D eigenvalue weighted by molar-refractivity contribution is -0.137. The zero-order valence-electron chi connectivity index (χ0n) is 17.6. The Balaban J connectivity index is 1.54. The first-order chi connectivity index (χ1) is 15.6. The fourth-order valence-electron chi connectivity index (χ4n) is 3.50. The smallest absolute Gasteiger partial charge is 0.328 e. The van der Waals surface area contributed by atoms with Crippen LogP contribution >= 0.6 is 0 Å². The molecule has 0 unspecified atom stereocenters. The molecule has 0 aliphatic carbocycles. The summed E-state index contributed by atoms with van der Waals surface area (Å²) in [6.07, 6.45) is -3.04. The maximum Gasteiger partial charge on any atom is 0.416 e. The van der Waals surface area contributed by atoms with Gasteiger partial charge in [-0.15, -0.1) is 0 Å². The van der Waals surface area contributed by atoms with Crippen molar-refractivity contribution in [3.05, 3.63) is 81.3 Å². The summed E-state index contributed by atoms with van der Waals surface area (Å²) in [5.74, 6) is -0.609. The van der Waals surface area contributed by atoms with Crippen molar-refractivity contribution < 1.29 is 18.0 Å². The van der Waals surface area contributed by atoms with Gasteiger partial charge in [0.2, 0.25) is 5.91 Å². The van der Waals surface area contributed by atoms with Gasteiger partial charge in [-0.2, -0.15) is 13.2 Å². The van der Waals surface area contributed by atoms with Crippen molar-refractivity contribution in [2.45, 2.75) is 12.7 Å². The minimum atomic E-state index is -4.45. The van der Waals surface area contributed by atoms with E-state index in [4.69, 9.17) is 0 Å². The predicted molar refractivity (Wildman–Crippen MR) is 116 cm³/mol. The van der Waals surface area contributed by atoms with E-state index in [2.05, 4.69) is 10.3 Å². The second-order valence-electron chi connectivity index (χ2n) is 7.46. The van der Waals surface area contributed by atoms with Crippen LogP contribution in [0.4, 0.5) is 18.9 Å². The number of nitrogens with one attached hydrogen (secondary N) is 1. The van der Waals surface area contributed by atoms with Gasteiger partial charge in [0.05, 0.1) is 11.9 Å². The number of hydrogen-bond acceptors (Lipinski definition) is 4. The highest BCUT2D eigenvalue weighted by Gasteiger charge is 2.30. The van der Waals surface area contributed by atoms with Crippen molar-refractivity contribution in [2.24, 2.45) is 14.1 Å². The topological polar surface area (TPSA) is 90.9 Å². The molecule has 2 heterocycles. The van der Waals surface area contributed by atoms with Crippen LogP contribution in [0, 0.1) is 0 Å². The SMILES string of the molecule is Cn1cnc2c1c(=O)n(CC(=O)Nc1ccc(-c3cccc(C(F)(F)F)c3)cc1)c(=O)n2C. The number of anilines is 1. The number of carbonyl (C=O) groups is 1. The van der Waals surface area contributed by atoms with Gasteiger partial charge in [0, 0.05) is 19.8 Å². The van der Waals surface area contributed by atoms with E-state index in [1.807, 2.05) is 0 Å². The number of benzene rings is 2. The van der Waals surface area contributed by atoms with Gasteiger partial charge in [-0.3, -0.25) is 14.2 Å². The number of aromatic nitrogens is 4. The van der Waals surface area contributed by atoms with Crippen LogP contribution in [0.1, 0.15) is 5.56 Å². The van der Waals surface area contributed by atoms with Crippen LogP contribution in [-0.4, -0.2) is 24.6 Å². The molecule has 170 valence electrons. The van der Waals surface area contributed by atoms with E-state index < -0.39 is 35.4 Å². The zero-order chi connectivity index (χ0) is 23.9. The van der Waals surface area contributed by atoms with Crippen molar-refractivity contribution in [3.63, 3.8) is 0 Å². The van der Waals surface area contributed by atoms with E-state index in [-0.39, 0.29) is 11.2 Å². The van der Waals surface area contributed by atoms with Gasteiger partial charge in [-0.05, 0) is 35.4 Å². The number of amides is 1. The molecule has 11 heteroatoms. The normalized spacial score (nSPS) is 11.7. The molecule has 0 saturated carbocycles. The summed E-state index contributed by atoms with van der Waals surface area (Å²) in [6.45, 7) is -0.512. The first-order valence-electron chi connectivity index (χ1n) is 9.74. The third-order valence-corrected chi connectivity index (χ3v) is 5.19. The Morgan fingerprint density at radius 3 is 2.39 bits per heavy atom. The molecule has 33 heavy (non-hydrogen) atoms. The molecule has 0 aliphatic rings. The minimum Gasteiger partial charge on any atom is -0.328 e. The maximum absolute atomic E-state index is 12.9. The molecule has 1 N–H and O–H groups in total. The molecule has 0 radical (unpaired) electrons. The molecule has 4 aromatic rings. The molecule has 8 nitrogen and oxygen atoms in total. The number of imidazole rings is 1. The summed E-state index contributed by atoms with van der Waals surface area (Å²) in [4.78, 5) is 41.7. The Hall–Kier alpha value is -4.15. The number of aryl methyl sites for hydroxylation is 2. The number of nitrogens with zero attached hydrogens (tertiary/aromatic N) is 4. The highest BCUT2D eigenvalue weighted by Crippen LogP contribution is 2.32. The molecule has 1 amide bonds. The monoisotopic (exact) mass is 457 g/mol. The van der Waals surface area contributed by atoms with Gasteiger partial charge >= 0.3 is 11.9 Å². The molecule has 0 fully saturated rings. The fourth-order valence-corrected chi connectivity index (χ4v) is 3.50. The molecule has 0 aliphatic heterocycles. The van der Waals surface area contributed by atoms with Crippen molar-refractivity contribution in [2.75, 3.05) is 5.32 Å². The number of halogens is 3. The number of fused-ring (bicyclic) bond motifs is 1. The molecule has 2 aromatic heterocycles. The fraction of sp³-hybridized carbons (Fsp3) is 0.182. The van der Waals surface area contributed by atoms with Gasteiger partial charge in [0.15, 0.2) is 11.2 Å². The average molecular weight is 457 g/mol. The number of alkyl halides is 3. The number of rotatable bonds is 4. The molecule has 4 rings (SSSR count). The zero-order valence-corrected chi connectivity index (χ0v) is 17.6. The molecule has 0 saturated heterocycles. The summed E-state index contributed by atoms with van der Waals surface area (Å²) in [5, 5.41) is 2.59. The average Bonchev–Trinajstić information content (AvgIpc) is 3.17. The van der Waals surface area contributed by atoms with Crippen molar-refractivity contribution in [1.29, 1.82) is 0 Å². The summed E-state index contributed by atoms with van der Waals surface area (Å²) in [5.41, 5.74) is -0.390. The summed E-state index contributed by atoms with van der Waals surface area (Å²) >= 11 is 0. The van der Waals surface area contributed by atoms with E-state index in [0.717, 1.165) is 16.7 Å². The quantitative estimate of drug-likeness (QED) is 0.510. The van der Waals surface area contributed by atoms with E-state index in [1.165, 1.54) is 40.7 Å². The first-order valence-corrected chi connectivity index (χ1v) is 9.74. The lowest BCUT2D eigenvalue weighted by atomic mass is 10.0. The molecule has 0 atom stereocenters. The largest absolute Gasteiger partial charge is 0.416 e. The number of hydrogen-bond donors (Lipinski definition) is 1. The molecular weight excluding hydrogens is 439 g/mol. The Morgan fingerprint density at radius 1 is 1.03 bits per heavy atom. The Morgan fingerprint density at radius 2 is 1.73 bits per heavy atom. The van der Waals surface area contributed by atoms with Crippen LogP contribution < -0.4 is 16.6 Å². The summed E-state index contributed by atoms with van der Waals surface area (Å²) in [6, 6.07) is 11.1. The highest BCUT2D eigenvalue weighted by molar-refractivity contribution is 5.91. The lowest BCUT2D eigenvalue weighted by Crippen LogP contribution is -2.42. The van der Waals surface area contributed by atoms with E-state index in [0.29, 0.717) is 16.8 Å². The minimum absolute atomic E-state index is 0.190. The maximum atomic E-state index is 12.9.